The second-order valence-electron chi connectivity index (χ2n) is 3.89. The van der Waals surface area contributed by atoms with Crippen molar-refractivity contribution < 1.29 is 4.63 Å². The number of rotatable bonds is 3. The van der Waals surface area contributed by atoms with Gasteiger partial charge in [-0.25, -0.2) is 4.63 Å². The van der Waals surface area contributed by atoms with Crippen molar-refractivity contribution in [3.8, 4) is 0 Å². The molecule has 0 atom stereocenters. The number of aromatic nitrogens is 4. The van der Waals surface area contributed by atoms with Gasteiger partial charge in [-0.05, 0) is 15.9 Å². The summed E-state index contributed by atoms with van der Waals surface area (Å²) in [5, 5.41) is 11.6. The second kappa shape index (κ2) is 3.99. The van der Waals surface area contributed by atoms with E-state index in [1.54, 1.807) is 6.20 Å². The van der Waals surface area contributed by atoms with Crippen molar-refractivity contribution in [2.24, 2.45) is 0 Å². The van der Waals surface area contributed by atoms with Gasteiger partial charge in [-0.1, -0.05) is 10.3 Å². The summed E-state index contributed by atoms with van der Waals surface area (Å²) in [6, 6.07) is 0.464. The van der Waals surface area contributed by atoms with E-state index in [-0.39, 0.29) is 0 Å². The number of halogens is 1. The first-order chi connectivity index (χ1) is 7.81. The number of hydrogen-bond acceptors (Lipinski definition) is 5. The van der Waals surface area contributed by atoms with Gasteiger partial charge in [0.1, 0.15) is 5.69 Å². The van der Waals surface area contributed by atoms with Gasteiger partial charge in [0.05, 0.1) is 22.9 Å². The Morgan fingerprint density at radius 2 is 2.31 bits per heavy atom. The zero-order valence-corrected chi connectivity index (χ0v) is 10.0. The van der Waals surface area contributed by atoms with E-state index in [1.807, 2.05) is 17.1 Å². The van der Waals surface area contributed by atoms with Gasteiger partial charge >= 0.3 is 0 Å². The highest BCUT2D eigenvalue weighted by molar-refractivity contribution is 9.10. The van der Waals surface area contributed by atoms with Crippen LogP contribution < -0.4 is 0 Å². The van der Waals surface area contributed by atoms with Crippen molar-refractivity contribution >= 4 is 15.9 Å². The molecule has 0 amide bonds. The van der Waals surface area contributed by atoms with E-state index in [0.717, 1.165) is 29.8 Å². The molecule has 6 nitrogen and oxygen atoms in total. The molecule has 2 aromatic heterocycles. The van der Waals surface area contributed by atoms with Crippen LogP contribution in [0.3, 0.4) is 0 Å². The zero-order valence-electron chi connectivity index (χ0n) is 8.45. The molecule has 2 aromatic rings. The average molecular weight is 284 g/mol. The molecule has 0 bridgehead atoms. The van der Waals surface area contributed by atoms with E-state index in [2.05, 4.69) is 40.9 Å². The summed E-state index contributed by atoms with van der Waals surface area (Å²) < 4.78 is 7.56. The second-order valence-corrected chi connectivity index (χ2v) is 4.80. The van der Waals surface area contributed by atoms with E-state index < -0.39 is 0 Å². The maximum Gasteiger partial charge on any atom is 0.119 e. The highest BCUT2D eigenvalue weighted by Crippen LogP contribution is 2.23. The standard InChI is InChI=1S/C9H10BrN5O/c10-7-1-11-15(3-7)9-5-14(6-9)4-8-2-12-16-13-8/h1-3,9H,4-6H2. The van der Waals surface area contributed by atoms with Gasteiger partial charge in [0.25, 0.3) is 0 Å². The molecule has 3 rings (SSSR count). The molecule has 16 heavy (non-hydrogen) atoms. The van der Waals surface area contributed by atoms with Crippen LogP contribution in [0.25, 0.3) is 0 Å². The molecule has 0 N–H and O–H groups in total. The van der Waals surface area contributed by atoms with E-state index in [0.29, 0.717) is 6.04 Å². The summed E-state index contributed by atoms with van der Waals surface area (Å²) in [6.07, 6.45) is 5.46. The first kappa shape index (κ1) is 9.98. The molecule has 1 aliphatic rings. The third-order valence-corrected chi connectivity index (χ3v) is 3.08. The van der Waals surface area contributed by atoms with Gasteiger partial charge < -0.3 is 0 Å². The van der Waals surface area contributed by atoms with Crippen molar-refractivity contribution in [2.45, 2.75) is 12.6 Å². The van der Waals surface area contributed by atoms with Gasteiger partial charge in [0, 0.05) is 25.8 Å². The molecule has 84 valence electrons. The van der Waals surface area contributed by atoms with Crippen LogP contribution in [0.5, 0.6) is 0 Å². The average Bonchev–Trinajstić information content (AvgIpc) is 2.82. The molecular formula is C9H10BrN5O. The van der Waals surface area contributed by atoms with Gasteiger partial charge in [-0.15, -0.1) is 0 Å². The van der Waals surface area contributed by atoms with Crippen LogP contribution in [0.15, 0.2) is 27.7 Å². The Balaban J connectivity index is 1.55. The summed E-state index contributed by atoms with van der Waals surface area (Å²) >= 11 is 3.39. The molecule has 0 unspecified atom stereocenters. The highest BCUT2D eigenvalue weighted by Gasteiger charge is 2.29. The molecule has 1 saturated heterocycles. The molecular weight excluding hydrogens is 274 g/mol. The maximum atomic E-state index is 4.55. The smallest absolute Gasteiger partial charge is 0.119 e. The van der Waals surface area contributed by atoms with Crippen molar-refractivity contribution in [1.29, 1.82) is 0 Å². The fourth-order valence-corrected chi connectivity index (χ4v) is 2.14. The van der Waals surface area contributed by atoms with Crippen LogP contribution in [0, 0.1) is 0 Å². The van der Waals surface area contributed by atoms with Gasteiger partial charge in [-0.3, -0.25) is 9.58 Å². The van der Waals surface area contributed by atoms with Crippen LogP contribution in [0.1, 0.15) is 11.7 Å². The number of hydrogen-bond donors (Lipinski definition) is 0. The molecule has 0 radical (unpaired) electrons. The van der Waals surface area contributed by atoms with E-state index in [4.69, 9.17) is 0 Å². The SMILES string of the molecule is Brc1cnn(C2CN(Cc3cnon3)C2)c1. The fraction of sp³-hybridized carbons (Fsp3) is 0.444. The molecule has 0 aromatic carbocycles. The predicted molar refractivity (Wildman–Crippen MR) is 58.5 cm³/mol. The summed E-state index contributed by atoms with van der Waals surface area (Å²) in [6.45, 7) is 2.77. The lowest BCUT2D eigenvalue weighted by atomic mass is 10.1. The molecule has 1 aliphatic heterocycles. The Kier molecular flexibility index (Phi) is 2.49. The monoisotopic (exact) mass is 283 g/mol. The number of likely N-dealkylation sites (tertiary alicyclic amines) is 1. The van der Waals surface area contributed by atoms with Gasteiger partial charge in [0.2, 0.25) is 0 Å². The summed E-state index contributed by atoms with van der Waals surface area (Å²) in [5.74, 6) is 0. The van der Waals surface area contributed by atoms with Crippen molar-refractivity contribution in [1.82, 2.24) is 25.0 Å². The minimum atomic E-state index is 0.464. The predicted octanol–water partition coefficient (Wildman–Crippen LogP) is 1.09. The van der Waals surface area contributed by atoms with E-state index >= 15 is 0 Å². The first-order valence-electron chi connectivity index (χ1n) is 5.00. The lowest BCUT2D eigenvalue weighted by Crippen LogP contribution is -2.47. The molecule has 3 heterocycles. The van der Waals surface area contributed by atoms with E-state index in [1.165, 1.54) is 0 Å². The lowest BCUT2D eigenvalue weighted by molar-refractivity contribution is 0.0881. The van der Waals surface area contributed by atoms with Crippen LogP contribution in [0.4, 0.5) is 0 Å². The van der Waals surface area contributed by atoms with Crippen molar-refractivity contribution in [3.63, 3.8) is 0 Å². The fourth-order valence-electron chi connectivity index (χ4n) is 1.84. The topological polar surface area (TPSA) is 60.0 Å². The normalized spacial score (nSPS) is 17.6. The molecule has 0 aliphatic carbocycles. The van der Waals surface area contributed by atoms with Crippen LogP contribution in [0.2, 0.25) is 0 Å². The van der Waals surface area contributed by atoms with Crippen molar-refractivity contribution in [3.05, 3.63) is 28.8 Å². The minimum absolute atomic E-state index is 0.464. The molecule has 0 spiro atoms. The zero-order chi connectivity index (χ0) is 11.0. The Morgan fingerprint density at radius 1 is 1.44 bits per heavy atom. The molecule has 0 saturated carbocycles. The largest absolute Gasteiger partial charge is 0.293 e. The lowest BCUT2D eigenvalue weighted by Gasteiger charge is -2.38. The van der Waals surface area contributed by atoms with Gasteiger partial charge in [-0.2, -0.15) is 5.10 Å². The summed E-state index contributed by atoms with van der Waals surface area (Å²) in [4.78, 5) is 2.28. The van der Waals surface area contributed by atoms with Crippen LogP contribution in [-0.2, 0) is 6.54 Å². The van der Waals surface area contributed by atoms with Crippen LogP contribution >= 0.6 is 15.9 Å². The molecule has 7 heteroatoms. The maximum absolute atomic E-state index is 4.55. The quantitative estimate of drug-likeness (QED) is 0.844. The summed E-state index contributed by atoms with van der Waals surface area (Å²) in [5.41, 5.74) is 0.875. The van der Waals surface area contributed by atoms with Crippen molar-refractivity contribution in [2.75, 3.05) is 13.1 Å². The third kappa shape index (κ3) is 1.88. The molecule has 1 fully saturated rings. The Labute approximate surface area is 100 Å². The third-order valence-electron chi connectivity index (χ3n) is 2.67. The highest BCUT2D eigenvalue weighted by atomic mass is 79.9. The first-order valence-corrected chi connectivity index (χ1v) is 5.79. The van der Waals surface area contributed by atoms with Crippen LogP contribution in [-0.4, -0.2) is 38.1 Å². The Bertz CT molecular complexity index is 462. The summed E-state index contributed by atoms with van der Waals surface area (Å²) in [7, 11) is 0. The Hall–Kier alpha value is -1.21. The number of nitrogens with zero attached hydrogens (tertiary/aromatic N) is 5. The minimum Gasteiger partial charge on any atom is -0.293 e. The Morgan fingerprint density at radius 3 is 2.94 bits per heavy atom. The van der Waals surface area contributed by atoms with Gasteiger partial charge in [0.15, 0.2) is 0 Å². The van der Waals surface area contributed by atoms with E-state index in [9.17, 15) is 0 Å².